The Morgan fingerprint density at radius 1 is 1.11 bits per heavy atom. The minimum Gasteiger partial charge on any atom is -0.381 e. The van der Waals surface area contributed by atoms with Crippen LogP contribution in [0.4, 0.5) is 15.8 Å². The molecule has 7 heteroatoms. The Kier molecular flexibility index (Phi) is 4.61. The second-order valence-electron chi connectivity index (χ2n) is 7.08. The van der Waals surface area contributed by atoms with Gasteiger partial charge in [-0.05, 0) is 55.0 Å². The van der Waals surface area contributed by atoms with Crippen molar-refractivity contribution in [3.8, 4) is 0 Å². The van der Waals surface area contributed by atoms with Gasteiger partial charge in [-0.15, -0.1) is 0 Å². The fourth-order valence-corrected chi connectivity index (χ4v) is 3.68. The summed E-state index contributed by atoms with van der Waals surface area (Å²) < 4.78 is 19.1. The Balaban J connectivity index is 1.48. The summed E-state index contributed by atoms with van der Waals surface area (Å²) in [5.74, 6) is -1.15. The minimum absolute atomic E-state index is 0.0209. The maximum atomic E-state index is 13.7. The zero-order valence-corrected chi connectivity index (χ0v) is 14.7. The van der Waals surface area contributed by atoms with E-state index in [0.717, 1.165) is 19.3 Å². The number of ether oxygens (including phenoxy) is 1. The summed E-state index contributed by atoms with van der Waals surface area (Å²) in [5.41, 5.74) is 0.843. The number of nitrogens with zero attached hydrogens (tertiary/aromatic N) is 1. The number of nitrogens with one attached hydrogen (secondary N) is 2. The molecule has 1 aromatic heterocycles. The summed E-state index contributed by atoms with van der Waals surface area (Å²) in [6.45, 7) is 1.35. The first-order chi connectivity index (χ1) is 13.1. The van der Waals surface area contributed by atoms with Gasteiger partial charge < -0.3 is 15.4 Å². The average molecular weight is 369 g/mol. The molecule has 6 nitrogen and oxygen atoms in total. The molecule has 0 radical (unpaired) electrons. The molecule has 2 heterocycles. The molecule has 1 spiro atoms. The van der Waals surface area contributed by atoms with Gasteiger partial charge in [0.2, 0.25) is 5.91 Å². The summed E-state index contributed by atoms with van der Waals surface area (Å²) >= 11 is 0. The molecule has 2 fully saturated rings. The van der Waals surface area contributed by atoms with Crippen molar-refractivity contribution in [2.75, 3.05) is 23.8 Å². The number of pyridine rings is 1. The molecule has 2 N–H and O–H groups in total. The molecule has 140 valence electrons. The van der Waals surface area contributed by atoms with Crippen LogP contribution in [-0.4, -0.2) is 30.0 Å². The van der Waals surface area contributed by atoms with Gasteiger partial charge in [-0.3, -0.25) is 14.6 Å². The average Bonchev–Trinajstić information content (AvgIpc) is 3.38. The number of halogens is 1. The molecule has 27 heavy (non-hydrogen) atoms. The Bertz CT molecular complexity index is 866. The van der Waals surface area contributed by atoms with Crippen LogP contribution in [0.5, 0.6) is 0 Å². The molecule has 1 atom stereocenters. The van der Waals surface area contributed by atoms with E-state index in [0.29, 0.717) is 18.9 Å². The molecule has 1 saturated carbocycles. The number of carbonyl (C=O) groups is 2. The number of anilines is 2. The van der Waals surface area contributed by atoms with Crippen molar-refractivity contribution in [1.82, 2.24) is 4.98 Å². The topological polar surface area (TPSA) is 80.3 Å². The van der Waals surface area contributed by atoms with Crippen LogP contribution in [-0.2, 0) is 9.53 Å². The van der Waals surface area contributed by atoms with E-state index in [1.807, 2.05) is 0 Å². The summed E-state index contributed by atoms with van der Waals surface area (Å²) in [5, 5.41) is 5.47. The van der Waals surface area contributed by atoms with E-state index in [4.69, 9.17) is 4.74 Å². The van der Waals surface area contributed by atoms with Crippen molar-refractivity contribution in [3.05, 3.63) is 54.1 Å². The fraction of sp³-hybridized carbons (Fsp3) is 0.350. The summed E-state index contributed by atoms with van der Waals surface area (Å²) in [4.78, 5) is 29.0. The maximum Gasteiger partial charge on any atom is 0.274 e. The quantitative estimate of drug-likeness (QED) is 0.867. The van der Waals surface area contributed by atoms with Crippen molar-refractivity contribution in [2.45, 2.75) is 19.3 Å². The van der Waals surface area contributed by atoms with Crippen molar-refractivity contribution < 1.29 is 18.7 Å². The standard InChI is InChI=1S/C20H20FN3O3/c21-13-4-5-15(23-19(26)16-3-1-2-8-22-16)17(11-13)24-18(25)14-12-20(14)6-9-27-10-7-20/h1-5,8,11,14H,6-7,9-10,12H2,(H,23,26)(H,24,25). The van der Waals surface area contributed by atoms with E-state index in [2.05, 4.69) is 15.6 Å². The summed E-state index contributed by atoms with van der Waals surface area (Å²) in [7, 11) is 0. The Morgan fingerprint density at radius 2 is 1.93 bits per heavy atom. The second kappa shape index (κ2) is 7.08. The van der Waals surface area contributed by atoms with E-state index < -0.39 is 11.7 Å². The molecule has 2 aliphatic rings. The largest absolute Gasteiger partial charge is 0.381 e. The van der Waals surface area contributed by atoms with Gasteiger partial charge in [0, 0.05) is 25.3 Å². The first-order valence-electron chi connectivity index (χ1n) is 8.98. The van der Waals surface area contributed by atoms with Gasteiger partial charge in [0.15, 0.2) is 0 Å². The third-order valence-corrected chi connectivity index (χ3v) is 5.38. The van der Waals surface area contributed by atoms with E-state index in [1.54, 1.807) is 18.2 Å². The van der Waals surface area contributed by atoms with E-state index in [9.17, 15) is 14.0 Å². The predicted octanol–water partition coefficient (Wildman–Crippen LogP) is 3.23. The molecule has 1 aliphatic heterocycles. The molecule has 2 amide bonds. The van der Waals surface area contributed by atoms with Gasteiger partial charge in [0.05, 0.1) is 11.4 Å². The lowest BCUT2D eigenvalue weighted by Gasteiger charge is -2.22. The highest BCUT2D eigenvalue weighted by molar-refractivity contribution is 6.06. The van der Waals surface area contributed by atoms with E-state index in [1.165, 1.54) is 24.4 Å². The molecule has 1 saturated heterocycles. The summed E-state index contributed by atoms with van der Waals surface area (Å²) in [6, 6.07) is 8.88. The van der Waals surface area contributed by atoms with E-state index >= 15 is 0 Å². The Hall–Kier alpha value is -2.80. The van der Waals surface area contributed by atoms with Gasteiger partial charge >= 0.3 is 0 Å². The highest BCUT2D eigenvalue weighted by Gasteiger charge is 2.58. The van der Waals surface area contributed by atoms with Gasteiger partial charge in [-0.25, -0.2) is 4.39 Å². The molecule has 2 aromatic rings. The minimum atomic E-state index is -0.488. The van der Waals surface area contributed by atoms with Crippen LogP contribution in [0.3, 0.4) is 0 Å². The molecular weight excluding hydrogens is 349 g/mol. The summed E-state index contributed by atoms with van der Waals surface area (Å²) in [6.07, 6.45) is 4.09. The second-order valence-corrected chi connectivity index (χ2v) is 7.08. The lowest BCUT2D eigenvalue weighted by Crippen LogP contribution is -2.24. The van der Waals surface area contributed by atoms with Crippen LogP contribution < -0.4 is 10.6 Å². The number of carbonyl (C=O) groups excluding carboxylic acids is 2. The van der Waals surface area contributed by atoms with Gasteiger partial charge in [-0.1, -0.05) is 6.07 Å². The van der Waals surface area contributed by atoms with Crippen molar-refractivity contribution in [2.24, 2.45) is 11.3 Å². The molecule has 1 unspecified atom stereocenters. The van der Waals surface area contributed by atoms with Crippen molar-refractivity contribution in [3.63, 3.8) is 0 Å². The number of hydrogen-bond acceptors (Lipinski definition) is 4. The van der Waals surface area contributed by atoms with Crippen LogP contribution in [0.15, 0.2) is 42.6 Å². The number of hydrogen-bond donors (Lipinski definition) is 2. The maximum absolute atomic E-state index is 13.7. The fourth-order valence-electron chi connectivity index (χ4n) is 3.68. The third kappa shape index (κ3) is 3.68. The highest BCUT2D eigenvalue weighted by atomic mass is 19.1. The molecule has 1 aliphatic carbocycles. The monoisotopic (exact) mass is 369 g/mol. The Labute approximate surface area is 156 Å². The van der Waals surface area contributed by atoms with Crippen LogP contribution in [0.2, 0.25) is 0 Å². The number of rotatable bonds is 4. The first kappa shape index (κ1) is 17.6. The predicted molar refractivity (Wildman–Crippen MR) is 97.8 cm³/mol. The number of benzene rings is 1. The van der Waals surface area contributed by atoms with Crippen LogP contribution >= 0.6 is 0 Å². The zero-order valence-electron chi connectivity index (χ0n) is 14.7. The molecule has 1 aromatic carbocycles. The highest BCUT2D eigenvalue weighted by Crippen LogP contribution is 2.59. The normalized spacial score (nSPS) is 20.1. The first-order valence-corrected chi connectivity index (χ1v) is 8.98. The van der Waals surface area contributed by atoms with Crippen LogP contribution in [0.25, 0.3) is 0 Å². The number of amides is 2. The molecular formula is C20H20FN3O3. The van der Waals surface area contributed by atoms with E-state index in [-0.39, 0.29) is 28.6 Å². The van der Waals surface area contributed by atoms with Crippen LogP contribution in [0, 0.1) is 17.2 Å². The van der Waals surface area contributed by atoms with Gasteiger partial charge in [-0.2, -0.15) is 0 Å². The van der Waals surface area contributed by atoms with Gasteiger partial charge in [0.25, 0.3) is 5.91 Å². The van der Waals surface area contributed by atoms with Crippen LogP contribution in [0.1, 0.15) is 29.8 Å². The number of aromatic nitrogens is 1. The zero-order chi connectivity index (χ0) is 18.9. The Morgan fingerprint density at radius 3 is 2.67 bits per heavy atom. The smallest absolute Gasteiger partial charge is 0.274 e. The third-order valence-electron chi connectivity index (χ3n) is 5.38. The lowest BCUT2D eigenvalue weighted by molar-refractivity contribution is -0.118. The van der Waals surface area contributed by atoms with Crippen molar-refractivity contribution >= 4 is 23.2 Å². The lowest BCUT2D eigenvalue weighted by atomic mass is 9.93. The molecule has 0 bridgehead atoms. The van der Waals surface area contributed by atoms with Crippen molar-refractivity contribution in [1.29, 1.82) is 0 Å². The van der Waals surface area contributed by atoms with Gasteiger partial charge in [0.1, 0.15) is 11.5 Å². The SMILES string of the molecule is O=C(Nc1ccc(F)cc1NC(=O)C1CC12CCOCC2)c1ccccn1. The molecule has 4 rings (SSSR count).